The highest BCUT2D eigenvalue weighted by atomic mass is 16.6. The van der Waals surface area contributed by atoms with Crippen LogP contribution < -0.4 is 0 Å². The predicted octanol–water partition coefficient (Wildman–Crippen LogP) is 6.19. The molecule has 0 bridgehead atoms. The average Bonchev–Trinajstić information content (AvgIpc) is 3.70. The number of amides is 2. The molecular weight excluding hydrogens is 476 g/mol. The lowest BCUT2D eigenvalue weighted by Gasteiger charge is -2.45. The van der Waals surface area contributed by atoms with Gasteiger partial charge in [0, 0.05) is 43.5 Å². The Kier molecular flexibility index (Phi) is 6.89. The third-order valence-corrected chi connectivity index (χ3v) is 8.47. The highest BCUT2D eigenvalue weighted by Crippen LogP contribution is 2.43. The van der Waals surface area contributed by atoms with E-state index in [1.165, 1.54) is 0 Å². The van der Waals surface area contributed by atoms with Crippen LogP contribution >= 0.6 is 0 Å². The molecule has 1 N–H and O–H groups in total. The lowest BCUT2D eigenvalue weighted by atomic mass is 9.80. The molecule has 0 aromatic heterocycles. The van der Waals surface area contributed by atoms with Crippen molar-refractivity contribution in [1.29, 1.82) is 0 Å². The molecule has 202 valence electrons. The SMILES string of the molecule is Cc1cc(C2C=CN(C3CC3)C(=O)C2C)ccc1C(C)N1CCC(CC(C)(C)O)(c2ccccc2)OC1=O. The van der Waals surface area contributed by atoms with Crippen molar-refractivity contribution in [2.75, 3.05) is 6.54 Å². The van der Waals surface area contributed by atoms with Gasteiger partial charge in [-0.1, -0.05) is 61.5 Å². The van der Waals surface area contributed by atoms with Crippen LogP contribution in [0.15, 0.2) is 60.8 Å². The molecule has 2 aromatic carbocycles. The topological polar surface area (TPSA) is 70.1 Å². The molecule has 1 aliphatic carbocycles. The van der Waals surface area contributed by atoms with Crippen molar-refractivity contribution < 1.29 is 19.4 Å². The van der Waals surface area contributed by atoms with Gasteiger partial charge in [-0.3, -0.25) is 4.79 Å². The van der Waals surface area contributed by atoms with E-state index >= 15 is 0 Å². The number of carbonyl (C=O) groups excluding carboxylic acids is 2. The minimum absolute atomic E-state index is 0.0498. The van der Waals surface area contributed by atoms with Crippen LogP contribution in [-0.4, -0.2) is 45.1 Å². The summed E-state index contributed by atoms with van der Waals surface area (Å²) in [6, 6.07) is 16.3. The fraction of sp³-hybridized carbons (Fsp3) is 0.500. The lowest BCUT2D eigenvalue weighted by Crippen LogP contribution is -2.51. The second-order valence-corrected chi connectivity index (χ2v) is 12.1. The number of nitrogens with zero attached hydrogens (tertiary/aromatic N) is 2. The van der Waals surface area contributed by atoms with Gasteiger partial charge in [0.25, 0.3) is 0 Å². The van der Waals surface area contributed by atoms with Gasteiger partial charge in [0.15, 0.2) is 0 Å². The van der Waals surface area contributed by atoms with Crippen LogP contribution in [0.3, 0.4) is 0 Å². The first-order valence-electron chi connectivity index (χ1n) is 13.9. The zero-order valence-electron chi connectivity index (χ0n) is 23.2. The van der Waals surface area contributed by atoms with Crippen molar-refractivity contribution in [2.45, 2.75) is 89.5 Å². The molecule has 4 atom stereocenters. The number of benzene rings is 2. The molecule has 6 heteroatoms. The number of allylic oxidation sites excluding steroid dienone is 1. The summed E-state index contributed by atoms with van der Waals surface area (Å²) in [7, 11) is 0. The monoisotopic (exact) mass is 516 g/mol. The molecule has 2 aliphatic heterocycles. The van der Waals surface area contributed by atoms with E-state index in [0.29, 0.717) is 25.4 Å². The summed E-state index contributed by atoms with van der Waals surface area (Å²) >= 11 is 0. The zero-order valence-corrected chi connectivity index (χ0v) is 23.2. The van der Waals surface area contributed by atoms with Gasteiger partial charge in [0.2, 0.25) is 5.91 Å². The fourth-order valence-electron chi connectivity index (χ4n) is 6.30. The van der Waals surface area contributed by atoms with Gasteiger partial charge in [-0.2, -0.15) is 0 Å². The summed E-state index contributed by atoms with van der Waals surface area (Å²) in [6.07, 6.45) is 6.90. The van der Waals surface area contributed by atoms with E-state index in [1.54, 1.807) is 18.7 Å². The first-order valence-corrected chi connectivity index (χ1v) is 13.9. The first kappa shape index (κ1) is 26.5. The number of cyclic esters (lactones) is 1. The van der Waals surface area contributed by atoms with Crippen molar-refractivity contribution in [1.82, 2.24) is 9.80 Å². The average molecular weight is 517 g/mol. The van der Waals surface area contributed by atoms with E-state index in [4.69, 9.17) is 4.74 Å². The maximum Gasteiger partial charge on any atom is 0.411 e. The van der Waals surface area contributed by atoms with Gasteiger partial charge in [-0.25, -0.2) is 4.79 Å². The second-order valence-electron chi connectivity index (χ2n) is 12.1. The molecule has 1 saturated carbocycles. The predicted molar refractivity (Wildman–Crippen MR) is 147 cm³/mol. The zero-order chi connectivity index (χ0) is 27.2. The number of hydrogen-bond donors (Lipinski definition) is 1. The Morgan fingerprint density at radius 1 is 1.13 bits per heavy atom. The Labute approximate surface area is 226 Å². The number of aliphatic hydroxyl groups is 1. The number of carbonyl (C=O) groups is 2. The maximum atomic E-state index is 13.5. The minimum atomic E-state index is -0.988. The molecule has 1 saturated heterocycles. The summed E-state index contributed by atoms with van der Waals surface area (Å²) in [6.45, 7) is 10.2. The van der Waals surface area contributed by atoms with Gasteiger partial charge in [0.05, 0.1) is 11.6 Å². The van der Waals surface area contributed by atoms with Crippen LogP contribution in [0.4, 0.5) is 4.79 Å². The van der Waals surface area contributed by atoms with E-state index in [2.05, 4.69) is 31.2 Å². The second kappa shape index (κ2) is 9.88. The van der Waals surface area contributed by atoms with Gasteiger partial charge < -0.3 is 19.6 Å². The smallest absolute Gasteiger partial charge is 0.411 e. The standard InChI is InChI=1S/C32H40N2O4/c1-21-19-24(28-15-17-34(26-12-13-26)29(35)22(28)2)11-14-27(21)23(3)33-18-16-32(38-30(33)36,20-31(4,5)37)25-9-7-6-8-10-25/h6-11,14-15,17,19,22-23,26,28,37H,12-13,16,18,20H2,1-5H3. The van der Waals surface area contributed by atoms with E-state index in [1.807, 2.05) is 55.3 Å². The van der Waals surface area contributed by atoms with Crippen molar-refractivity contribution in [3.63, 3.8) is 0 Å². The number of ether oxygens (including phenoxy) is 1. The quantitative estimate of drug-likeness (QED) is 0.476. The summed E-state index contributed by atoms with van der Waals surface area (Å²) in [4.78, 5) is 30.1. The third-order valence-electron chi connectivity index (χ3n) is 8.47. The van der Waals surface area contributed by atoms with Gasteiger partial charge in [-0.15, -0.1) is 0 Å². The van der Waals surface area contributed by atoms with Crippen LogP contribution in [0.2, 0.25) is 0 Å². The molecule has 3 aliphatic rings. The normalized spacial score (nSPS) is 26.9. The molecule has 2 aromatic rings. The highest BCUT2D eigenvalue weighted by molar-refractivity contribution is 5.83. The van der Waals surface area contributed by atoms with Crippen LogP contribution in [0.25, 0.3) is 0 Å². The third kappa shape index (κ3) is 5.11. The van der Waals surface area contributed by atoms with Crippen LogP contribution in [-0.2, 0) is 15.1 Å². The van der Waals surface area contributed by atoms with Crippen LogP contribution in [0, 0.1) is 12.8 Å². The molecule has 0 radical (unpaired) electrons. The van der Waals surface area contributed by atoms with Crippen molar-refractivity contribution in [3.05, 3.63) is 83.1 Å². The molecule has 0 spiro atoms. The lowest BCUT2D eigenvalue weighted by molar-refractivity contribution is -0.134. The summed E-state index contributed by atoms with van der Waals surface area (Å²) in [5, 5.41) is 10.7. The summed E-state index contributed by atoms with van der Waals surface area (Å²) in [5.41, 5.74) is 2.35. The first-order chi connectivity index (χ1) is 18.0. The van der Waals surface area contributed by atoms with E-state index in [0.717, 1.165) is 35.1 Å². The Balaban J connectivity index is 1.34. The molecule has 5 rings (SSSR count). The van der Waals surface area contributed by atoms with Crippen LogP contribution in [0.5, 0.6) is 0 Å². The number of aryl methyl sites for hydroxylation is 1. The van der Waals surface area contributed by atoms with E-state index in [9.17, 15) is 14.7 Å². The highest BCUT2D eigenvalue weighted by Gasteiger charge is 2.46. The van der Waals surface area contributed by atoms with Gasteiger partial charge in [-0.05, 0) is 62.8 Å². The largest absolute Gasteiger partial charge is 0.438 e. The molecule has 2 fully saturated rings. The molecule has 2 heterocycles. The Hall–Kier alpha value is -3.12. The molecule has 6 nitrogen and oxygen atoms in total. The van der Waals surface area contributed by atoms with Crippen LogP contribution in [0.1, 0.15) is 87.6 Å². The van der Waals surface area contributed by atoms with Crippen molar-refractivity contribution >= 4 is 12.0 Å². The minimum Gasteiger partial charge on any atom is -0.438 e. The summed E-state index contributed by atoms with van der Waals surface area (Å²) in [5.74, 6) is 0.162. The number of hydrogen-bond acceptors (Lipinski definition) is 4. The molecule has 4 unspecified atom stereocenters. The molecular formula is C32H40N2O4. The van der Waals surface area contributed by atoms with Gasteiger partial charge in [0.1, 0.15) is 5.60 Å². The Morgan fingerprint density at radius 3 is 2.45 bits per heavy atom. The van der Waals surface area contributed by atoms with Crippen molar-refractivity contribution in [3.8, 4) is 0 Å². The van der Waals surface area contributed by atoms with E-state index < -0.39 is 11.2 Å². The Bertz CT molecular complexity index is 1230. The van der Waals surface area contributed by atoms with Gasteiger partial charge >= 0.3 is 6.09 Å². The maximum absolute atomic E-state index is 13.5. The number of rotatable bonds is 7. The fourth-order valence-corrected chi connectivity index (χ4v) is 6.30. The molecule has 2 amide bonds. The Morgan fingerprint density at radius 2 is 1.84 bits per heavy atom. The molecule has 38 heavy (non-hydrogen) atoms. The van der Waals surface area contributed by atoms with Crippen molar-refractivity contribution in [2.24, 2.45) is 5.92 Å². The summed E-state index contributed by atoms with van der Waals surface area (Å²) < 4.78 is 6.19. The van der Waals surface area contributed by atoms with E-state index in [-0.39, 0.29) is 29.9 Å².